The molecule has 0 radical (unpaired) electrons. The third-order valence-electron chi connectivity index (χ3n) is 4.24. The van der Waals surface area contributed by atoms with Gasteiger partial charge in [-0.2, -0.15) is 20.1 Å². The Morgan fingerprint density at radius 1 is 0.818 bits per heavy atom. The molecule has 1 aromatic heterocycles. The van der Waals surface area contributed by atoms with Crippen molar-refractivity contribution in [2.24, 2.45) is 5.10 Å². The number of nitrogens with zero attached hydrogens (tertiary/aromatic N) is 5. The fourth-order valence-electron chi connectivity index (χ4n) is 2.75. The van der Waals surface area contributed by atoms with E-state index in [1.807, 2.05) is 60.7 Å². The van der Waals surface area contributed by atoms with Crippen molar-refractivity contribution in [3.63, 3.8) is 0 Å². The van der Waals surface area contributed by atoms with E-state index in [9.17, 15) is 10.1 Å². The maximum absolute atomic E-state index is 11.1. The largest absolute Gasteiger partial charge is 0.324 e. The van der Waals surface area contributed by atoms with E-state index in [1.54, 1.807) is 12.1 Å². The molecule has 0 bridgehead atoms. The Bertz CT molecular complexity index is 1230. The molecule has 0 spiro atoms. The molecule has 0 aliphatic carbocycles. The minimum atomic E-state index is -0.468. The zero-order chi connectivity index (χ0) is 23.0. The van der Waals surface area contributed by atoms with E-state index >= 15 is 0 Å². The van der Waals surface area contributed by atoms with E-state index in [0.29, 0.717) is 21.9 Å². The molecule has 3 aromatic carbocycles. The topological polar surface area (TPSA) is 130 Å². The molecule has 0 unspecified atom stereocenters. The van der Waals surface area contributed by atoms with Gasteiger partial charge in [-0.05, 0) is 46.3 Å². The van der Waals surface area contributed by atoms with Gasteiger partial charge in [-0.3, -0.25) is 10.1 Å². The molecule has 1 heterocycles. The van der Waals surface area contributed by atoms with Crippen LogP contribution in [-0.4, -0.2) is 26.1 Å². The number of halogens is 1. The number of hydrogen-bond donors (Lipinski definition) is 3. The van der Waals surface area contributed by atoms with Gasteiger partial charge in [-0.1, -0.05) is 42.5 Å². The molecule has 0 aliphatic rings. The highest BCUT2D eigenvalue weighted by Crippen LogP contribution is 2.25. The summed E-state index contributed by atoms with van der Waals surface area (Å²) in [6.07, 6.45) is 1.44. The lowest BCUT2D eigenvalue weighted by Gasteiger charge is -2.10. The molecule has 10 nitrogen and oxygen atoms in total. The Morgan fingerprint density at radius 3 is 1.91 bits per heavy atom. The smallest absolute Gasteiger partial charge is 0.284 e. The van der Waals surface area contributed by atoms with Crippen molar-refractivity contribution in [1.82, 2.24) is 15.0 Å². The van der Waals surface area contributed by atoms with E-state index in [-0.39, 0.29) is 11.6 Å². The third-order valence-corrected chi connectivity index (χ3v) is 4.91. The maximum Gasteiger partial charge on any atom is 0.284 e. The monoisotopic (exact) mass is 504 g/mol. The zero-order valence-electron chi connectivity index (χ0n) is 17.0. The van der Waals surface area contributed by atoms with Crippen LogP contribution >= 0.6 is 15.9 Å². The molecule has 3 N–H and O–H groups in total. The summed E-state index contributed by atoms with van der Waals surface area (Å²) in [5, 5.41) is 21.5. The Kier molecular flexibility index (Phi) is 6.81. The molecule has 0 fully saturated rings. The van der Waals surface area contributed by atoms with Crippen LogP contribution in [0.15, 0.2) is 88.4 Å². The van der Waals surface area contributed by atoms with Crippen molar-refractivity contribution < 1.29 is 4.92 Å². The highest BCUT2D eigenvalue weighted by molar-refractivity contribution is 9.10. The molecule has 0 saturated heterocycles. The third kappa shape index (κ3) is 6.08. The number of hydrazone groups is 1. The molecule has 4 aromatic rings. The van der Waals surface area contributed by atoms with Gasteiger partial charge in [-0.15, -0.1) is 0 Å². The normalized spacial score (nSPS) is 10.7. The first kappa shape index (κ1) is 21.8. The van der Waals surface area contributed by atoms with Gasteiger partial charge in [0.2, 0.25) is 17.8 Å². The number of nitro groups is 1. The second-order valence-electron chi connectivity index (χ2n) is 6.63. The van der Waals surface area contributed by atoms with Gasteiger partial charge in [0.05, 0.1) is 15.6 Å². The SMILES string of the molecule is O=[N+]([O-])c1cc(/C=N/Nc2nc(Nc3ccccc3)nc(Nc3ccccc3)n2)ccc1Br. The summed E-state index contributed by atoms with van der Waals surface area (Å²) < 4.78 is 0.392. The van der Waals surface area contributed by atoms with Crippen molar-refractivity contribution in [1.29, 1.82) is 0 Å². The number of anilines is 5. The number of nitro benzene ring substituents is 1. The van der Waals surface area contributed by atoms with Crippen molar-refractivity contribution in [3.8, 4) is 0 Å². The predicted octanol–water partition coefficient (Wildman–Crippen LogP) is 5.48. The van der Waals surface area contributed by atoms with Gasteiger partial charge in [0, 0.05) is 23.0 Å². The van der Waals surface area contributed by atoms with Crippen LogP contribution in [0.1, 0.15) is 5.56 Å². The van der Waals surface area contributed by atoms with Crippen molar-refractivity contribution in [3.05, 3.63) is 99.0 Å². The minimum Gasteiger partial charge on any atom is -0.324 e. The van der Waals surface area contributed by atoms with Gasteiger partial charge in [-0.25, -0.2) is 5.43 Å². The van der Waals surface area contributed by atoms with Crippen LogP contribution in [0, 0.1) is 10.1 Å². The van der Waals surface area contributed by atoms with Crippen LogP contribution in [0.4, 0.5) is 34.9 Å². The molecule has 0 aliphatic heterocycles. The quantitative estimate of drug-likeness (QED) is 0.163. The van der Waals surface area contributed by atoms with E-state index in [2.05, 4.69) is 52.0 Å². The Morgan fingerprint density at radius 2 is 1.36 bits per heavy atom. The number of para-hydroxylation sites is 2. The molecule has 0 amide bonds. The summed E-state index contributed by atoms with van der Waals surface area (Å²) in [4.78, 5) is 23.8. The van der Waals surface area contributed by atoms with Crippen LogP contribution in [0.3, 0.4) is 0 Å². The maximum atomic E-state index is 11.1. The van der Waals surface area contributed by atoms with Crippen molar-refractivity contribution in [2.75, 3.05) is 16.1 Å². The molecule has 164 valence electrons. The van der Waals surface area contributed by atoms with Gasteiger partial charge in [0.15, 0.2) is 0 Å². The number of benzene rings is 3. The summed E-state index contributed by atoms with van der Waals surface area (Å²) in [7, 11) is 0. The minimum absolute atomic E-state index is 0.0530. The highest BCUT2D eigenvalue weighted by Gasteiger charge is 2.11. The van der Waals surface area contributed by atoms with E-state index < -0.39 is 4.92 Å². The Hall–Kier alpha value is -4.38. The first-order valence-corrected chi connectivity index (χ1v) is 10.5. The Balaban J connectivity index is 1.57. The highest BCUT2D eigenvalue weighted by atomic mass is 79.9. The van der Waals surface area contributed by atoms with E-state index in [0.717, 1.165) is 11.4 Å². The number of rotatable bonds is 8. The zero-order valence-corrected chi connectivity index (χ0v) is 18.6. The standard InChI is InChI=1S/C22H17BrN8O2/c23-18-12-11-15(13-19(18)31(32)33)14-24-30-22-28-20(25-16-7-3-1-4-8-16)27-21(29-22)26-17-9-5-2-6-10-17/h1-14H,(H3,25,26,27,28,29,30)/b24-14+. The fourth-order valence-corrected chi connectivity index (χ4v) is 3.14. The van der Waals surface area contributed by atoms with Crippen LogP contribution in [0.25, 0.3) is 0 Å². The summed E-state index contributed by atoms with van der Waals surface area (Å²) in [5.74, 6) is 0.808. The van der Waals surface area contributed by atoms with Gasteiger partial charge in [0.1, 0.15) is 0 Å². The van der Waals surface area contributed by atoms with Crippen molar-refractivity contribution >= 4 is 57.1 Å². The van der Waals surface area contributed by atoms with E-state index in [1.165, 1.54) is 12.3 Å². The number of aromatic nitrogens is 3. The number of nitrogens with one attached hydrogen (secondary N) is 3. The summed E-state index contributed by atoms with van der Waals surface area (Å²) >= 11 is 3.16. The molecule has 4 rings (SSSR count). The molecule has 33 heavy (non-hydrogen) atoms. The molecular weight excluding hydrogens is 488 g/mol. The van der Waals surface area contributed by atoms with Crippen LogP contribution < -0.4 is 16.1 Å². The van der Waals surface area contributed by atoms with Crippen LogP contribution in [0.5, 0.6) is 0 Å². The van der Waals surface area contributed by atoms with E-state index in [4.69, 9.17) is 0 Å². The first-order chi connectivity index (χ1) is 16.1. The first-order valence-electron chi connectivity index (χ1n) is 9.70. The molecule has 0 saturated carbocycles. The van der Waals surface area contributed by atoms with Gasteiger partial charge in [0.25, 0.3) is 5.69 Å². The molecular formula is C22H17BrN8O2. The van der Waals surface area contributed by atoms with Crippen LogP contribution in [0.2, 0.25) is 0 Å². The van der Waals surface area contributed by atoms with Gasteiger partial charge >= 0.3 is 0 Å². The second-order valence-corrected chi connectivity index (χ2v) is 7.48. The summed E-state index contributed by atoms with van der Waals surface area (Å²) in [5.41, 5.74) is 4.86. The predicted molar refractivity (Wildman–Crippen MR) is 131 cm³/mol. The lowest BCUT2D eigenvalue weighted by molar-refractivity contribution is -0.385. The number of hydrogen-bond acceptors (Lipinski definition) is 9. The lowest BCUT2D eigenvalue weighted by atomic mass is 10.2. The molecule has 0 atom stereocenters. The molecule has 11 heteroatoms. The van der Waals surface area contributed by atoms with Gasteiger partial charge < -0.3 is 10.6 Å². The summed E-state index contributed by atoms with van der Waals surface area (Å²) in [6, 6.07) is 23.7. The lowest BCUT2D eigenvalue weighted by Crippen LogP contribution is -2.07. The fraction of sp³-hybridized carbons (Fsp3) is 0. The van der Waals surface area contributed by atoms with Crippen molar-refractivity contribution in [2.45, 2.75) is 0 Å². The van der Waals surface area contributed by atoms with Crippen LogP contribution in [-0.2, 0) is 0 Å². The Labute approximate surface area is 197 Å². The second kappa shape index (κ2) is 10.3. The average Bonchev–Trinajstić information content (AvgIpc) is 2.81. The average molecular weight is 505 g/mol. The summed E-state index contributed by atoms with van der Waals surface area (Å²) in [6.45, 7) is 0.